The molecular formula is C17H27N5OS. The standard InChI is InChI=1S/C17H27N5OS/c1-18-16(19-8-5-10-23-15-6-3-2-4-7-15)20-12-14-13-22-9-11-24-17(22)21-14/h9,11,13,15H,2-8,10,12H2,1H3,(H2,18,19,20). The van der Waals surface area contributed by atoms with Gasteiger partial charge in [0, 0.05) is 38.0 Å². The van der Waals surface area contributed by atoms with E-state index in [-0.39, 0.29) is 0 Å². The van der Waals surface area contributed by atoms with Gasteiger partial charge in [-0.1, -0.05) is 19.3 Å². The number of hydrogen-bond acceptors (Lipinski definition) is 4. The monoisotopic (exact) mass is 349 g/mol. The van der Waals surface area contributed by atoms with Crippen molar-refractivity contribution in [3.63, 3.8) is 0 Å². The van der Waals surface area contributed by atoms with Crippen LogP contribution in [-0.4, -0.2) is 41.6 Å². The fourth-order valence-electron chi connectivity index (χ4n) is 3.02. The maximum atomic E-state index is 5.94. The van der Waals surface area contributed by atoms with Crippen LogP contribution in [0.15, 0.2) is 22.8 Å². The van der Waals surface area contributed by atoms with Crippen molar-refractivity contribution in [3.05, 3.63) is 23.5 Å². The van der Waals surface area contributed by atoms with Crippen LogP contribution in [0.25, 0.3) is 4.96 Å². The maximum absolute atomic E-state index is 5.94. The van der Waals surface area contributed by atoms with Crippen molar-refractivity contribution in [2.24, 2.45) is 4.99 Å². The second-order valence-electron chi connectivity index (χ2n) is 6.16. The largest absolute Gasteiger partial charge is 0.378 e. The third kappa shape index (κ3) is 4.95. The van der Waals surface area contributed by atoms with E-state index in [0.717, 1.165) is 36.2 Å². The highest BCUT2D eigenvalue weighted by Gasteiger charge is 2.13. The number of nitrogens with one attached hydrogen (secondary N) is 2. The minimum Gasteiger partial charge on any atom is -0.378 e. The number of aliphatic imine (C=N–C) groups is 1. The van der Waals surface area contributed by atoms with Crippen LogP contribution in [-0.2, 0) is 11.3 Å². The number of hydrogen-bond donors (Lipinski definition) is 2. The van der Waals surface area contributed by atoms with Gasteiger partial charge in [0.15, 0.2) is 10.9 Å². The molecule has 6 nitrogen and oxygen atoms in total. The molecule has 0 bridgehead atoms. The van der Waals surface area contributed by atoms with Crippen molar-refractivity contribution >= 4 is 22.3 Å². The molecule has 1 aliphatic rings. The first-order valence-corrected chi connectivity index (χ1v) is 9.70. The van der Waals surface area contributed by atoms with Crippen molar-refractivity contribution in [1.29, 1.82) is 0 Å². The summed E-state index contributed by atoms with van der Waals surface area (Å²) in [5.41, 5.74) is 1.02. The molecule has 3 rings (SSSR count). The van der Waals surface area contributed by atoms with E-state index >= 15 is 0 Å². The van der Waals surface area contributed by atoms with Crippen molar-refractivity contribution in [2.45, 2.75) is 51.2 Å². The zero-order chi connectivity index (χ0) is 16.6. The normalized spacial score (nSPS) is 16.6. The topological polar surface area (TPSA) is 63.0 Å². The lowest BCUT2D eigenvalue weighted by atomic mass is 9.98. The van der Waals surface area contributed by atoms with Gasteiger partial charge in [0.1, 0.15) is 0 Å². The first-order chi connectivity index (χ1) is 11.8. The number of imidazole rings is 1. The Hall–Kier alpha value is -1.60. The molecule has 0 atom stereocenters. The van der Waals surface area contributed by atoms with Crippen LogP contribution in [0.2, 0.25) is 0 Å². The van der Waals surface area contributed by atoms with E-state index in [1.54, 1.807) is 18.4 Å². The second kappa shape index (κ2) is 9.03. The summed E-state index contributed by atoms with van der Waals surface area (Å²) in [4.78, 5) is 9.83. The molecule has 24 heavy (non-hydrogen) atoms. The molecule has 0 saturated heterocycles. The van der Waals surface area contributed by atoms with E-state index in [2.05, 4.69) is 20.6 Å². The molecule has 2 aromatic heterocycles. The van der Waals surface area contributed by atoms with E-state index < -0.39 is 0 Å². The molecule has 1 fully saturated rings. The number of rotatable bonds is 7. The van der Waals surface area contributed by atoms with E-state index in [9.17, 15) is 0 Å². The Kier molecular flexibility index (Phi) is 6.48. The molecule has 0 spiro atoms. The second-order valence-corrected chi connectivity index (χ2v) is 7.04. The van der Waals surface area contributed by atoms with Gasteiger partial charge < -0.3 is 15.4 Å². The summed E-state index contributed by atoms with van der Waals surface area (Å²) in [5, 5.41) is 8.67. The molecule has 2 aromatic rings. The molecule has 2 heterocycles. The summed E-state index contributed by atoms with van der Waals surface area (Å²) in [6, 6.07) is 0. The Bertz CT molecular complexity index is 616. The van der Waals surface area contributed by atoms with Gasteiger partial charge in [0.05, 0.1) is 18.3 Å². The first-order valence-electron chi connectivity index (χ1n) is 8.82. The summed E-state index contributed by atoms with van der Waals surface area (Å²) in [7, 11) is 1.79. The maximum Gasteiger partial charge on any atom is 0.193 e. The molecule has 0 unspecified atom stereocenters. The quantitative estimate of drug-likeness (QED) is 0.458. The van der Waals surface area contributed by atoms with Crippen molar-refractivity contribution in [1.82, 2.24) is 20.0 Å². The van der Waals surface area contributed by atoms with Crippen LogP contribution in [0.3, 0.4) is 0 Å². The van der Waals surface area contributed by atoms with Crippen LogP contribution in [0.1, 0.15) is 44.2 Å². The average Bonchev–Trinajstić information content (AvgIpc) is 3.20. The molecular weight excluding hydrogens is 322 g/mol. The number of aromatic nitrogens is 2. The summed E-state index contributed by atoms with van der Waals surface area (Å²) in [6.45, 7) is 2.36. The van der Waals surface area contributed by atoms with E-state index in [1.807, 2.05) is 22.2 Å². The van der Waals surface area contributed by atoms with Gasteiger partial charge in [-0.15, -0.1) is 11.3 Å². The molecule has 2 N–H and O–H groups in total. The smallest absolute Gasteiger partial charge is 0.193 e. The molecule has 0 aliphatic heterocycles. The molecule has 1 saturated carbocycles. The summed E-state index contributed by atoms with van der Waals surface area (Å²) in [6.07, 6.45) is 12.1. The lowest BCUT2D eigenvalue weighted by Crippen LogP contribution is -2.37. The summed E-state index contributed by atoms with van der Waals surface area (Å²) in [5.74, 6) is 0.809. The Morgan fingerprint density at radius 1 is 1.38 bits per heavy atom. The van der Waals surface area contributed by atoms with Gasteiger partial charge in [-0.3, -0.25) is 9.39 Å². The lowest BCUT2D eigenvalue weighted by molar-refractivity contribution is 0.0277. The lowest BCUT2D eigenvalue weighted by Gasteiger charge is -2.22. The molecule has 132 valence electrons. The number of fused-ring (bicyclic) bond motifs is 1. The zero-order valence-corrected chi connectivity index (χ0v) is 15.1. The van der Waals surface area contributed by atoms with Crippen LogP contribution in [0, 0.1) is 0 Å². The van der Waals surface area contributed by atoms with Crippen LogP contribution < -0.4 is 10.6 Å². The minimum atomic E-state index is 0.492. The fraction of sp³-hybridized carbons (Fsp3) is 0.647. The third-order valence-corrected chi connectivity index (χ3v) is 5.09. The van der Waals surface area contributed by atoms with E-state index in [1.165, 1.54) is 32.1 Å². The Morgan fingerprint density at radius 2 is 2.25 bits per heavy atom. The number of guanidine groups is 1. The van der Waals surface area contributed by atoms with Gasteiger partial charge in [-0.25, -0.2) is 4.98 Å². The van der Waals surface area contributed by atoms with E-state index in [4.69, 9.17) is 4.74 Å². The minimum absolute atomic E-state index is 0.492. The average molecular weight is 350 g/mol. The molecule has 0 aromatic carbocycles. The summed E-state index contributed by atoms with van der Waals surface area (Å²) < 4.78 is 7.98. The van der Waals surface area contributed by atoms with Crippen molar-refractivity contribution < 1.29 is 4.74 Å². The predicted molar refractivity (Wildman–Crippen MR) is 98.7 cm³/mol. The number of thiazole rings is 1. The number of ether oxygens (including phenoxy) is 1. The first kappa shape index (κ1) is 17.2. The Morgan fingerprint density at radius 3 is 3.04 bits per heavy atom. The predicted octanol–water partition coefficient (Wildman–Crippen LogP) is 2.80. The van der Waals surface area contributed by atoms with Crippen LogP contribution >= 0.6 is 11.3 Å². The molecule has 7 heteroatoms. The van der Waals surface area contributed by atoms with E-state index in [0.29, 0.717) is 12.6 Å². The van der Waals surface area contributed by atoms with Crippen molar-refractivity contribution in [2.75, 3.05) is 20.2 Å². The highest BCUT2D eigenvalue weighted by Crippen LogP contribution is 2.20. The van der Waals surface area contributed by atoms with Gasteiger partial charge >= 0.3 is 0 Å². The third-order valence-electron chi connectivity index (χ3n) is 4.32. The summed E-state index contributed by atoms with van der Waals surface area (Å²) >= 11 is 1.64. The molecule has 0 radical (unpaired) electrons. The number of nitrogens with zero attached hydrogens (tertiary/aromatic N) is 3. The SMILES string of the molecule is CN=C(NCCCOC1CCCCC1)NCc1cn2ccsc2n1. The fourth-order valence-corrected chi connectivity index (χ4v) is 3.74. The Labute approximate surface area is 147 Å². The van der Waals surface area contributed by atoms with Gasteiger partial charge in [0.25, 0.3) is 0 Å². The van der Waals surface area contributed by atoms with Gasteiger partial charge in [0.2, 0.25) is 0 Å². The van der Waals surface area contributed by atoms with Crippen molar-refractivity contribution in [3.8, 4) is 0 Å². The molecule has 0 amide bonds. The van der Waals surface area contributed by atoms with Crippen LogP contribution in [0.5, 0.6) is 0 Å². The Balaban J connectivity index is 1.30. The van der Waals surface area contributed by atoms with Gasteiger partial charge in [-0.2, -0.15) is 0 Å². The van der Waals surface area contributed by atoms with Gasteiger partial charge in [-0.05, 0) is 19.3 Å². The molecule has 1 aliphatic carbocycles. The highest BCUT2D eigenvalue weighted by molar-refractivity contribution is 7.15. The zero-order valence-electron chi connectivity index (χ0n) is 14.3. The highest BCUT2D eigenvalue weighted by atomic mass is 32.1. The van der Waals surface area contributed by atoms with Crippen LogP contribution in [0.4, 0.5) is 0 Å².